The van der Waals surface area contributed by atoms with Crippen LogP contribution >= 0.6 is 0 Å². The number of carbonyl (C=O) groups is 1. The molecule has 0 aliphatic carbocycles. The van der Waals surface area contributed by atoms with Gasteiger partial charge in [0, 0.05) is 12.2 Å². The van der Waals surface area contributed by atoms with Crippen molar-refractivity contribution in [2.45, 2.75) is 13.8 Å². The smallest absolute Gasteiger partial charge is 0.338 e. The first kappa shape index (κ1) is 11.5. The highest BCUT2D eigenvalue weighted by Crippen LogP contribution is 2.21. The second kappa shape index (κ2) is 4.77. The monoisotopic (exact) mass is 211 g/mol. The van der Waals surface area contributed by atoms with Gasteiger partial charge in [-0.2, -0.15) is 0 Å². The van der Waals surface area contributed by atoms with Crippen molar-refractivity contribution in [2.24, 2.45) is 0 Å². The lowest BCUT2D eigenvalue weighted by atomic mass is 10.1. The molecule has 82 valence electrons. The maximum absolute atomic E-state index is 13.2. The highest BCUT2D eigenvalue weighted by atomic mass is 19.1. The number of anilines is 1. The summed E-state index contributed by atoms with van der Waals surface area (Å²) in [4.78, 5) is 11.3. The van der Waals surface area contributed by atoms with Crippen molar-refractivity contribution >= 4 is 11.7 Å². The summed E-state index contributed by atoms with van der Waals surface area (Å²) in [7, 11) is 1.28. The first-order valence-electron chi connectivity index (χ1n) is 4.72. The minimum absolute atomic E-state index is 0.258. The third-order valence-electron chi connectivity index (χ3n) is 2.14. The molecule has 1 rings (SSSR count). The van der Waals surface area contributed by atoms with E-state index in [4.69, 9.17) is 0 Å². The number of nitrogens with one attached hydrogen (secondary N) is 1. The lowest BCUT2D eigenvalue weighted by molar-refractivity contribution is 0.0599. The van der Waals surface area contributed by atoms with E-state index in [1.165, 1.54) is 19.2 Å². The fraction of sp³-hybridized carbons (Fsp3) is 0.364. The largest absolute Gasteiger partial charge is 0.465 e. The number of rotatable bonds is 3. The number of hydrogen-bond acceptors (Lipinski definition) is 3. The molecule has 0 atom stereocenters. The van der Waals surface area contributed by atoms with Crippen molar-refractivity contribution in [1.82, 2.24) is 0 Å². The molecule has 0 bridgehead atoms. The summed E-state index contributed by atoms with van der Waals surface area (Å²) < 4.78 is 17.8. The number of hydrogen-bond donors (Lipinski definition) is 1. The number of benzene rings is 1. The van der Waals surface area contributed by atoms with Crippen LogP contribution in [0.4, 0.5) is 10.1 Å². The van der Waals surface area contributed by atoms with E-state index in [0.717, 1.165) is 0 Å². The number of esters is 1. The van der Waals surface area contributed by atoms with E-state index < -0.39 is 11.8 Å². The average Bonchev–Trinajstić information content (AvgIpc) is 2.22. The highest BCUT2D eigenvalue weighted by Gasteiger charge is 2.13. The number of methoxy groups -OCH3 is 1. The maximum atomic E-state index is 13.2. The van der Waals surface area contributed by atoms with E-state index >= 15 is 0 Å². The van der Waals surface area contributed by atoms with Crippen LogP contribution in [0.25, 0.3) is 0 Å². The minimum Gasteiger partial charge on any atom is -0.465 e. The van der Waals surface area contributed by atoms with Crippen molar-refractivity contribution in [1.29, 1.82) is 0 Å². The molecule has 1 aromatic rings. The van der Waals surface area contributed by atoms with Gasteiger partial charge in [0.2, 0.25) is 0 Å². The summed E-state index contributed by atoms with van der Waals surface area (Å²) in [5.41, 5.74) is 1.58. The highest BCUT2D eigenvalue weighted by molar-refractivity contribution is 5.92. The fourth-order valence-corrected chi connectivity index (χ4v) is 1.38. The van der Waals surface area contributed by atoms with Crippen LogP contribution < -0.4 is 5.32 Å². The van der Waals surface area contributed by atoms with Crippen molar-refractivity contribution in [3.8, 4) is 0 Å². The van der Waals surface area contributed by atoms with Crippen LogP contribution in [-0.2, 0) is 4.74 Å². The maximum Gasteiger partial charge on any atom is 0.338 e. The summed E-state index contributed by atoms with van der Waals surface area (Å²) >= 11 is 0. The lowest BCUT2D eigenvalue weighted by Gasteiger charge is -2.11. The first-order chi connectivity index (χ1) is 7.10. The summed E-state index contributed by atoms with van der Waals surface area (Å²) in [6.45, 7) is 4.33. The van der Waals surface area contributed by atoms with Crippen molar-refractivity contribution in [3.05, 3.63) is 29.1 Å². The van der Waals surface area contributed by atoms with Crippen LogP contribution in [0.1, 0.15) is 22.8 Å². The topological polar surface area (TPSA) is 38.3 Å². The van der Waals surface area contributed by atoms with Crippen LogP contribution in [0.2, 0.25) is 0 Å². The Kier molecular flexibility index (Phi) is 3.66. The minimum atomic E-state index is -0.522. The van der Waals surface area contributed by atoms with Crippen molar-refractivity contribution in [2.75, 3.05) is 19.0 Å². The Morgan fingerprint density at radius 3 is 2.73 bits per heavy atom. The summed E-state index contributed by atoms with van der Waals surface area (Å²) in [5.74, 6) is -0.969. The van der Waals surface area contributed by atoms with Gasteiger partial charge in [0.15, 0.2) is 0 Å². The molecule has 0 aliphatic rings. The Labute approximate surface area is 88.2 Å². The second-order valence-corrected chi connectivity index (χ2v) is 3.15. The molecule has 0 unspecified atom stereocenters. The molecule has 0 heterocycles. The molecule has 1 aromatic carbocycles. The lowest BCUT2D eigenvalue weighted by Crippen LogP contribution is -2.08. The van der Waals surface area contributed by atoms with E-state index in [0.29, 0.717) is 17.8 Å². The Hall–Kier alpha value is -1.58. The summed E-state index contributed by atoms with van der Waals surface area (Å²) in [6, 6.07) is 2.55. The third kappa shape index (κ3) is 2.46. The molecule has 4 heteroatoms. The number of carbonyl (C=O) groups excluding carboxylic acids is 1. The summed E-state index contributed by atoms with van der Waals surface area (Å²) in [6.07, 6.45) is 0. The normalized spacial score (nSPS) is 9.87. The zero-order valence-electron chi connectivity index (χ0n) is 9.06. The van der Waals surface area contributed by atoms with Gasteiger partial charge in [-0.15, -0.1) is 0 Å². The standard InChI is InChI=1S/C11H14FNO2/c1-4-13-10-6-8(12)5-9(7(10)2)11(14)15-3/h5-6,13H,4H2,1-3H3. The molecular formula is C11H14FNO2. The molecule has 0 radical (unpaired) electrons. The molecular weight excluding hydrogens is 197 g/mol. The quantitative estimate of drug-likeness (QED) is 0.780. The van der Waals surface area contributed by atoms with E-state index in [9.17, 15) is 9.18 Å². The van der Waals surface area contributed by atoms with Gasteiger partial charge in [0.1, 0.15) is 5.82 Å². The zero-order valence-corrected chi connectivity index (χ0v) is 9.06. The molecule has 0 saturated heterocycles. The van der Waals surface area contributed by atoms with Crippen molar-refractivity contribution in [3.63, 3.8) is 0 Å². The Bertz CT molecular complexity index is 377. The molecule has 0 saturated carbocycles. The van der Waals surface area contributed by atoms with E-state index in [1.807, 2.05) is 6.92 Å². The molecule has 0 spiro atoms. The van der Waals surface area contributed by atoms with E-state index in [2.05, 4.69) is 10.1 Å². The number of halogens is 1. The van der Waals surface area contributed by atoms with Gasteiger partial charge in [-0.25, -0.2) is 9.18 Å². The van der Waals surface area contributed by atoms with Crippen LogP contribution in [0.15, 0.2) is 12.1 Å². The Morgan fingerprint density at radius 1 is 1.53 bits per heavy atom. The predicted octanol–water partition coefficient (Wildman–Crippen LogP) is 2.35. The molecule has 0 aliphatic heterocycles. The van der Waals surface area contributed by atoms with Crippen LogP contribution in [-0.4, -0.2) is 19.6 Å². The predicted molar refractivity (Wildman–Crippen MR) is 56.6 cm³/mol. The zero-order chi connectivity index (χ0) is 11.4. The first-order valence-corrected chi connectivity index (χ1v) is 4.72. The Balaban J connectivity index is 3.21. The van der Waals surface area contributed by atoms with Crippen LogP contribution in [0.5, 0.6) is 0 Å². The Morgan fingerprint density at radius 2 is 2.20 bits per heavy atom. The van der Waals surface area contributed by atoms with Gasteiger partial charge < -0.3 is 10.1 Å². The van der Waals surface area contributed by atoms with E-state index in [-0.39, 0.29) is 5.56 Å². The van der Waals surface area contributed by atoms with Gasteiger partial charge in [-0.1, -0.05) is 0 Å². The molecule has 3 nitrogen and oxygen atoms in total. The van der Waals surface area contributed by atoms with Crippen LogP contribution in [0.3, 0.4) is 0 Å². The van der Waals surface area contributed by atoms with Gasteiger partial charge in [0.25, 0.3) is 0 Å². The van der Waals surface area contributed by atoms with Gasteiger partial charge in [-0.05, 0) is 31.5 Å². The molecule has 0 fully saturated rings. The van der Waals surface area contributed by atoms with E-state index in [1.54, 1.807) is 6.92 Å². The summed E-state index contributed by atoms with van der Waals surface area (Å²) in [5, 5.41) is 2.99. The fourth-order valence-electron chi connectivity index (χ4n) is 1.38. The second-order valence-electron chi connectivity index (χ2n) is 3.15. The SMILES string of the molecule is CCNc1cc(F)cc(C(=O)OC)c1C. The molecule has 0 aromatic heterocycles. The average molecular weight is 211 g/mol. The molecule has 0 amide bonds. The van der Waals surface area contributed by atoms with Gasteiger partial charge in [-0.3, -0.25) is 0 Å². The number of ether oxygens (including phenoxy) is 1. The van der Waals surface area contributed by atoms with Crippen LogP contribution in [0, 0.1) is 12.7 Å². The molecule has 1 N–H and O–H groups in total. The molecule has 15 heavy (non-hydrogen) atoms. The third-order valence-corrected chi connectivity index (χ3v) is 2.14. The van der Waals surface area contributed by atoms with Crippen molar-refractivity contribution < 1.29 is 13.9 Å². The van der Waals surface area contributed by atoms with Gasteiger partial charge >= 0.3 is 5.97 Å². The van der Waals surface area contributed by atoms with Gasteiger partial charge in [0.05, 0.1) is 12.7 Å².